The number of benzene rings is 3. The van der Waals surface area contributed by atoms with Gasteiger partial charge in [-0.05, 0) is 62.2 Å². The summed E-state index contributed by atoms with van der Waals surface area (Å²) in [7, 11) is 0. The number of carbonyl (C=O) groups excluding carboxylic acids is 1. The lowest BCUT2D eigenvalue weighted by Crippen LogP contribution is -2.39. The molecule has 174 valence electrons. The largest absolute Gasteiger partial charge is 0.328 e. The molecule has 1 unspecified atom stereocenters. The smallest absolute Gasteiger partial charge is 0.266 e. The van der Waals surface area contributed by atoms with E-state index in [9.17, 15) is 14.0 Å². The van der Waals surface area contributed by atoms with Crippen molar-refractivity contribution in [3.63, 3.8) is 0 Å². The van der Waals surface area contributed by atoms with Gasteiger partial charge in [0.15, 0.2) is 0 Å². The van der Waals surface area contributed by atoms with Crippen molar-refractivity contribution in [2.75, 3.05) is 6.54 Å². The van der Waals surface area contributed by atoms with Crippen molar-refractivity contribution >= 4 is 16.8 Å². The molecule has 0 spiro atoms. The zero-order valence-corrected chi connectivity index (χ0v) is 19.8. The predicted molar refractivity (Wildman–Crippen MR) is 133 cm³/mol. The van der Waals surface area contributed by atoms with E-state index >= 15 is 0 Å². The Kier molecular flexibility index (Phi) is 6.59. The highest BCUT2D eigenvalue weighted by atomic mass is 19.1. The molecule has 1 heterocycles. The molecular formula is C28H28FN3O2. The molecule has 3 aromatic carbocycles. The normalized spacial score (nSPS) is 12.2. The van der Waals surface area contributed by atoms with Crippen LogP contribution in [0.4, 0.5) is 4.39 Å². The first kappa shape index (κ1) is 23.4. The maximum absolute atomic E-state index is 13.9. The highest BCUT2D eigenvalue weighted by Gasteiger charge is 2.28. The van der Waals surface area contributed by atoms with Crippen LogP contribution in [0, 0.1) is 18.7 Å². The van der Waals surface area contributed by atoms with Crippen molar-refractivity contribution in [2.24, 2.45) is 5.92 Å². The van der Waals surface area contributed by atoms with Crippen molar-refractivity contribution in [1.29, 1.82) is 0 Å². The SMILES string of the molecule is Cc1ccc(-n2c(C(C)N(CC(C)C)C(=O)c3cccc(F)c3)nc3ccccc3c2=O)cc1. The molecule has 0 aliphatic rings. The molecule has 0 bridgehead atoms. The van der Waals surface area contributed by atoms with E-state index in [-0.39, 0.29) is 22.9 Å². The summed E-state index contributed by atoms with van der Waals surface area (Å²) in [6, 6.07) is 20.0. The van der Waals surface area contributed by atoms with Crippen molar-refractivity contribution in [2.45, 2.75) is 33.7 Å². The summed E-state index contributed by atoms with van der Waals surface area (Å²) in [5, 5.41) is 0.505. The number of rotatable bonds is 6. The van der Waals surface area contributed by atoms with Gasteiger partial charge in [-0.3, -0.25) is 14.2 Å². The van der Waals surface area contributed by atoms with Gasteiger partial charge < -0.3 is 4.90 Å². The van der Waals surface area contributed by atoms with Crippen molar-refractivity contribution < 1.29 is 9.18 Å². The monoisotopic (exact) mass is 457 g/mol. The molecule has 0 fully saturated rings. The van der Waals surface area contributed by atoms with Gasteiger partial charge in [0.25, 0.3) is 11.5 Å². The van der Waals surface area contributed by atoms with E-state index < -0.39 is 11.9 Å². The van der Waals surface area contributed by atoms with Gasteiger partial charge >= 0.3 is 0 Å². The van der Waals surface area contributed by atoms with Gasteiger partial charge in [0.2, 0.25) is 0 Å². The lowest BCUT2D eigenvalue weighted by Gasteiger charge is -2.32. The Morgan fingerprint density at radius 2 is 1.71 bits per heavy atom. The highest BCUT2D eigenvalue weighted by Crippen LogP contribution is 2.26. The second-order valence-electron chi connectivity index (χ2n) is 9.00. The van der Waals surface area contributed by atoms with Gasteiger partial charge in [-0.2, -0.15) is 0 Å². The van der Waals surface area contributed by atoms with Crippen LogP contribution in [0.1, 0.15) is 48.6 Å². The van der Waals surface area contributed by atoms with Crippen LogP contribution in [0.3, 0.4) is 0 Å². The van der Waals surface area contributed by atoms with Crippen LogP contribution >= 0.6 is 0 Å². The van der Waals surface area contributed by atoms with Crippen molar-refractivity contribution in [3.8, 4) is 5.69 Å². The van der Waals surface area contributed by atoms with Crippen molar-refractivity contribution in [1.82, 2.24) is 14.5 Å². The summed E-state index contributed by atoms with van der Waals surface area (Å²) in [4.78, 5) is 33.7. The third kappa shape index (κ3) is 4.62. The second kappa shape index (κ2) is 9.59. The van der Waals surface area contributed by atoms with Crippen LogP contribution in [-0.2, 0) is 0 Å². The lowest BCUT2D eigenvalue weighted by molar-refractivity contribution is 0.0654. The van der Waals surface area contributed by atoms with E-state index in [1.807, 2.05) is 64.1 Å². The minimum absolute atomic E-state index is 0.153. The van der Waals surface area contributed by atoms with E-state index in [4.69, 9.17) is 4.98 Å². The minimum atomic E-state index is -0.545. The average molecular weight is 458 g/mol. The Balaban J connectivity index is 1.92. The van der Waals surface area contributed by atoms with E-state index in [2.05, 4.69) is 0 Å². The van der Waals surface area contributed by atoms with E-state index in [0.29, 0.717) is 29.0 Å². The highest BCUT2D eigenvalue weighted by molar-refractivity contribution is 5.94. The zero-order chi connectivity index (χ0) is 24.4. The first-order valence-corrected chi connectivity index (χ1v) is 11.4. The van der Waals surface area contributed by atoms with Gasteiger partial charge in [-0.1, -0.05) is 49.7 Å². The number of amides is 1. The molecular weight excluding hydrogens is 429 g/mol. The van der Waals surface area contributed by atoms with E-state index in [1.54, 1.807) is 27.7 Å². The fraction of sp³-hybridized carbons (Fsp3) is 0.250. The van der Waals surface area contributed by atoms with Crippen LogP contribution in [0.5, 0.6) is 0 Å². The summed E-state index contributed by atoms with van der Waals surface area (Å²) in [6.45, 7) is 8.30. The van der Waals surface area contributed by atoms with Gasteiger partial charge in [-0.15, -0.1) is 0 Å². The molecule has 6 heteroatoms. The van der Waals surface area contributed by atoms with E-state index in [0.717, 1.165) is 5.56 Å². The average Bonchev–Trinajstić information content (AvgIpc) is 2.82. The van der Waals surface area contributed by atoms with Crippen LogP contribution in [-0.4, -0.2) is 26.9 Å². The van der Waals surface area contributed by atoms with Crippen LogP contribution < -0.4 is 5.56 Å². The number of halogens is 1. The van der Waals surface area contributed by atoms with Crippen LogP contribution in [0.2, 0.25) is 0 Å². The number of fused-ring (bicyclic) bond motifs is 1. The third-order valence-corrected chi connectivity index (χ3v) is 5.83. The number of para-hydroxylation sites is 1. The quantitative estimate of drug-likeness (QED) is 0.374. The van der Waals surface area contributed by atoms with Gasteiger partial charge in [0.1, 0.15) is 11.6 Å². The predicted octanol–water partition coefficient (Wildman–Crippen LogP) is 5.69. The molecule has 4 rings (SSSR count). The molecule has 0 N–H and O–H groups in total. The molecule has 5 nitrogen and oxygen atoms in total. The molecule has 0 aliphatic carbocycles. The Labute approximate surface area is 198 Å². The van der Waals surface area contributed by atoms with Gasteiger partial charge in [0, 0.05) is 12.1 Å². The summed E-state index contributed by atoms with van der Waals surface area (Å²) >= 11 is 0. The Hall–Kier alpha value is -3.80. The number of nitrogens with zero attached hydrogens (tertiary/aromatic N) is 3. The minimum Gasteiger partial charge on any atom is -0.328 e. The molecule has 4 aromatic rings. The second-order valence-corrected chi connectivity index (χ2v) is 9.00. The molecule has 34 heavy (non-hydrogen) atoms. The third-order valence-electron chi connectivity index (χ3n) is 5.83. The summed E-state index contributed by atoms with van der Waals surface area (Å²) in [6.07, 6.45) is 0. The fourth-order valence-corrected chi connectivity index (χ4v) is 4.11. The topological polar surface area (TPSA) is 55.2 Å². The maximum atomic E-state index is 13.9. The number of hydrogen-bond donors (Lipinski definition) is 0. The standard InChI is InChI=1S/C28H28FN3O2/c1-18(2)17-31(27(33)21-8-7-9-22(29)16-21)20(4)26-30-25-11-6-5-10-24(25)28(34)32(26)23-14-12-19(3)13-15-23/h5-16,18,20H,17H2,1-4H3. The maximum Gasteiger partial charge on any atom is 0.266 e. The first-order chi connectivity index (χ1) is 16.3. The summed E-state index contributed by atoms with van der Waals surface area (Å²) < 4.78 is 15.5. The van der Waals surface area contributed by atoms with Gasteiger partial charge in [-0.25, -0.2) is 9.37 Å². The molecule has 0 saturated carbocycles. The first-order valence-electron chi connectivity index (χ1n) is 11.4. The summed E-state index contributed by atoms with van der Waals surface area (Å²) in [5.74, 6) is -0.167. The number of aryl methyl sites for hydroxylation is 1. The molecule has 0 radical (unpaired) electrons. The Bertz CT molecular complexity index is 1390. The molecule has 1 atom stereocenters. The lowest BCUT2D eigenvalue weighted by atomic mass is 10.1. The molecule has 1 amide bonds. The number of carbonyl (C=O) groups is 1. The molecule has 0 saturated heterocycles. The summed E-state index contributed by atoms with van der Waals surface area (Å²) in [5.41, 5.74) is 2.39. The van der Waals surface area contributed by atoms with Gasteiger partial charge in [0.05, 0.1) is 22.6 Å². The molecule has 0 aliphatic heterocycles. The van der Waals surface area contributed by atoms with E-state index in [1.165, 1.54) is 18.2 Å². The van der Waals surface area contributed by atoms with Crippen LogP contribution in [0.15, 0.2) is 77.6 Å². The Morgan fingerprint density at radius 1 is 1.00 bits per heavy atom. The van der Waals surface area contributed by atoms with Crippen LogP contribution in [0.25, 0.3) is 16.6 Å². The fourth-order valence-electron chi connectivity index (χ4n) is 4.11. The zero-order valence-electron chi connectivity index (χ0n) is 19.8. The van der Waals surface area contributed by atoms with Crippen molar-refractivity contribution in [3.05, 3.63) is 106 Å². The number of aromatic nitrogens is 2. The Morgan fingerprint density at radius 3 is 2.38 bits per heavy atom. The molecule has 1 aromatic heterocycles. The number of hydrogen-bond acceptors (Lipinski definition) is 3.